The van der Waals surface area contributed by atoms with Crippen LogP contribution in [0.5, 0.6) is 0 Å². The lowest BCUT2D eigenvalue weighted by atomic mass is 10.4. The van der Waals surface area contributed by atoms with E-state index in [1.54, 1.807) is 6.92 Å². The van der Waals surface area contributed by atoms with E-state index in [0.29, 0.717) is 12.2 Å². The van der Waals surface area contributed by atoms with Gasteiger partial charge in [-0.25, -0.2) is 4.79 Å². The normalized spacial score (nSPS) is 10.6. The fourth-order valence-corrected chi connectivity index (χ4v) is 7.36. The van der Waals surface area contributed by atoms with E-state index in [0.717, 1.165) is 6.16 Å². The summed E-state index contributed by atoms with van der Waals surface area (Å²) in [7, 11) is -1.95. The molecule has 0 unspecified atom stereocenters. The number of hydrogen-bond donors (Lipinski definition) is 0. The molecule has 3 aromatic carbocycles. The molecule has 144 valence electrons. The third kappa shape index (κ3) is 4.79. The van der Waals surface area contributed by atoms with Gasteiger partial charge in [0, 0.05) is 5.57 Å². The molecule has 0 aliphatic rings. The van der Waals surface area contributed by atoms with Gasteiger partial charge in [-0.05, 0) is 43.3 Å². The smallest absolute Gasteiger partial charge is 0.333 e. The van der Waals surface area contributed by atoms with Gasteiger partial charge in [-0.2, -0.15) is 0 Å². The molecule has 0 atom stereocenters. The topological polar surface area (TPSA) is 26.3 Å². The number of ether oxygens (including phenoxy) is 1. The van der Waals surface area contributed by atoms with E-state index in [2.05, 4.69) is 79.4 Å². The lowest BCUT2D eigenvalue weighted by molar-refractivity contribution is -0.138. The van der Waals surface area contributed by atoms with Crippen molar-refractivity contribution >= 4 is 29.1 Å². The van der Waals surface area contributed by atoms with Crippen molar-refractivity contribution in [1.29, 1.82) is 0 Å². The Hall–Kier alpha value is -2.22. The standard InChI is InChI=1S/C24H24O2P.BrH/c1-20(2)24(25)26-18-19-27(21-12-6-3-7-13-21,22-14-8-4-9-15-22)23-16-10-5-11-17-23;/h3-17H,1,18-19H2,2H3;1H/q+1;/p-1. The van der Waals surface area contributed by atoms with Crippen molar-refractivity contribution < 1.29 is 26.5 Å². The number of hydrogen-bond acceptors (Lipinski definition) is 2. The maximum absolute atomic E-state index is 11.9. The quantitative estimate of drug-likeness (QED) is 0.303. The lowest BCUT2D eigenvalue weighted by Gasteiger charge is -2.27. The zero-order valence-electron chi connectivity index (χ0n) is 15.9. The molecule has 2 nitrogen and oxygen atoms in total. The largest absolute Gasteiger partial charge is 1.00 e. The molecule has 0 aromatic heterocycles. The third-order valence-electron chi connectivity index (χ3n) is 4.60. The Morgan fingerprint density at radius 3 is 1.46 bits per heavy atom. The van der Waals surface area contributed by atoms with E-state index in [4.69, 9.17) is 4.74 Å². The van der Waals surface area contributed by atoms with Crippen molar-refractivity contribution in [2.45, 2.75) is 6.92 Å². The molecule has 4 heteroatoms. The molecule has 0 saturated heterocycles. The van der Waals surface area contributed by atoms with Crippen LogP contribution in [0.1, 0.15) is 6.92 Å². The summed E-state index contributed by atoms with van der Waals surface area (Å²) in [6.07, 6.45) is 0.754. The molecular formula is C24H24BrO2P. The van der Waals surface area contributed by atoms with Crippen LogP contribution in [0, 0.1) is 0 Å². The van der Waals surface area contributed by atoms with Gasteiger partial charge in [0.05, 0.1) is 0 Å². The van der Waals surface area contributed by atoms with Crippen molar-refractivity contribution in [3.63, 3.8) is 0 Å². The number of carbonyl (C=O) groups is 1. The molecule has 0 amide bonds. The van der Waals surface area contributed by atoms with E-state index in [9.17, 15) is 4.79 Å². The predicted molar refractivity (Wildman–Crippen MR) is 116 cm³/mol. The van der Waals surface area contributed by atoms with E-state index >= 15 is 0 Å². The summed E-state index contributed by atoms with van der Waals surface area (Å²) < 4.78 is 5.51. The summed E-state index contributed by atoms with van der Waals surface area (Å²) in [5.74, 6) is -0.331. The minimum atomic E-state index is -1.95. The number of rotatable bonds is 7. The van der Waals surface area contributed by atoms with Crippen molar-refractivity contribution in [2.75, 3.05) is 12.8 Å². The zero-order valence-corrected chi connectivity index (χ0v) is 18.4. The number of halogens is 1. The Morgan fingerprint density at radius 1 is 0.786 bits per heavy atom. The molecular weight excluding hydrogens is 431 g/mol. The van der Waals surface area contributed by atoms with Crippen molar-refractivity contribution in [1.82, 2.24) is 0 Å². The summed E-state index contributed by atoms with van der Waals surface area (Å²) in [6.45, 7) is 5.72. The first-order chi connectivity index (χ1) is 13.1. The lowest BCUT2D eigenvalue weighted by Crippen LogP contribution is -3.00. The van der Waals surface area contributed by atoms with Crippen LogP contribution >= 0.6 is 7.26 Å². The molecule has 0 heterocycles. The van der Waals surface area contributed by atoms with Crippen LogP contribution in [0.15, 0.2) is 103 Å². The number of benzene rings is 3. The molecule has 0 radical (unpaired) electrons. The predicted octanol–water partition coefficient (Wildman–Crippen LogP) is 1.10. The molecule has 28 heavy (non-hydrogen) atoms. The van der Waals surface area contributed by atoms with E-state index < -0.39 is 7.26 Å². The van der Waals surface area contributed by atoms with Gasteiger partial charge in [0.1, 0.15) is 35.9 Å². The number of esters is 1. The molecule has 0 aliphatic heterocycles. The molecule has 0 fully saturated rings. The van der Waals surface area contributed by atoms with E-state index in [1.807, 2.05) is 18.2 Å². The van der Waals surface area contributed by atoms with Crippen molar-refractivity contribution in [3.8, 4) is 0 Å². The monoisotopic (exact) mass is 454 g/mol. The molecule has 0 bridgehead atoms. The van der Waals surface area contributed by atoms with E-state index in [1.165, 1.54) is 15.9 Å². The van der Waals surface area contributed by atoms with Crippen molar-refractivity contribution in [3.05, 3.63) is 103 Å². The van der Waals surface area contributed by atoms with Crippen LogP contribution in [0.4, 0.5) is 0 Å². The first-order valence-electron chi connectivity index (χ1n) is 9.02. The highest BCUT2D eigenvalue weighted by molar-refractivity contribution is 7.95. The van der Waals surface area contributed by atoms with Gasteiger partial charge >= 0.3 is 5.97 Å². The Bertz CT molecular complexity index is 799. The molecule has 3 rings (SSSR count). The molecule has 0 aliphatic carbocycles. The highest BCUT2D eigenvalue weighted by Crippen LogP contribution is 2.54. The van der Waals surface area contributed by atoms with Crippen LogP contribution in [-0.2, 0) is 9.53 Å². The Labute approximate surface area is 178 Å². The summed E-state index contributed by atoms with van der Waals surface area (Å²) in [4.78, 5) is 11.9. The molecule has 0 N–H and O–H groups in total. The van der Waals surface area contributed by atoms with Crippen molar-refractivity contribution in [2.24, 2.45) is 0 Å². The first-order valence-corrected chi connectivity index (χ1v) is 11.0. The summed E-state index contributed by atoms with van der Waals surface area (Å²) in [6, 6.07) is 31.7. The minimum Gasteiger partial charge on any atom is -1.00 e. The van der Waals surface area contributed by atoms with Gasteiger partial charge in [0.15, 0.2) is 0 Å². The highest BCUT2D eigenvalue weighted by atomic mass is 79.9. The molecule has 0 saturated carbocycles. The van der Waals surface area contributed by atoms with Crippen LogP contribution in [0.2, 0.25) is 0 Å². The Balaban J connectivity index is 0.00000280. The zero-order chi connectivity index (χ0) is 19.1. The molecule has 3 aromatic rings. The van der Waals surface area contributed by atoms with Gasteiger partial charge in [-0.3, -0.25) is 0 Å². The first kappa shape index (κ1) is 22.1. The van der Waals surface area contributed by atoms with Gasteiger partial charge in [-0.15, -0.1) is 0 Å². The third-order valence-corrected chi connectivity index (χ3v) is 8.99. The Morgan fingerprint density at radius 2 is 1.14 bits per heavy atom. The van der Waals surface area contributed by atoms with Crippen LogP contribution in [-0.4, -0.2) is 18.7 Å². The average molecular weight is 455 g/mol. The fourth-order valence-electron chi connectivity index (χ4n) is 3.28. The second kappa shape index (κ2) is 10.4. The second-order valence-electron chi connectivity index (χ2n) is 6.46. The maximum Gasteiger partial charge on any atom is 0.333 e. The average Bonchev–Trinajstić information content (AvgIpc) is 2.73. The van der Waals surface area contributed by atoms with E-state index in [-0.39, 0.29) is 23.0 Å². The highest BCUT2D eigenvalue weighted by Gasteiger charge is 2.45. The van der Waals surface area contributed by atoms with Crippen LogP contribution in [0.25, 0.3) is 0 Å². The summed E-state index contributed by atoms with van der Waals surface area (Å²) in [5.41, 5.74) is 0.429. The van der Waals surface area contributed by atoms with Crippen LogP contribution < -0.4 is 32.9 Å². The Kier molecular flexibility index (Phi) is 8.17. The second-order valence-corrected chi connectivity index (χ2v) is 10.1. The fraction of sp³-hybridized carbons (Fsp3) is 0.125. The van der Waals surface area contributed by atoms with Gasteiger partial charge < -0.3 is 21.7 Å². The summed E-state index contributed by atoms with van der Waals surface area (Å²) in [5, 5.41) is 3.86. The van der Waals surface area contributed by atoms with Gasteiger partial charge in [0.2, 0.25) is 0 Å². The molecule has 0 spiro atoms. The van der Waals surface area contributed by atoms with Gasteiger partial charge in [0.25, 0.3) is 0 Å². The SMILES string of the molecule is C=C(C)C(=O)OCC[P+](c1ccccc1)(c1ccccc1)c1ccccc1.[Br-]. The summed E-state index contributed by atoms with van der Waals surface area (Å²) >= 11 is 0. The van der Waals surface area contributed by atoms with Gasteiger partial charge in [-0.1, -0.05) is 61.2 Å². The maximum atomic E-state index is 11.9. The minimum absolute atomic E-state index is 0. The number of carbonyl (C=O) groups excluding carboxylic acids is 1. The van der Waals surface area contributed by atoms with Crippen LogP contribution in [0.3, 0.4) is 0 Å².